The number of fused-ring (bicyclic) bond motifs is 2. The summed E-state index contributed by atoms with van der Waals surface area (Å²) >= 11 is 0. The molecule has 4 atom stereocenters. The zero-order valence-electron chi connectivity index (χ0n) is 13.2. The van der Waals surface area contributed by atoms with Gasteiger partial charge in [0.05, 0.1) is 11.0 Å². The van der Waals surface area contributed by atoms with Gasteiger partial charge in [-0.05, 0) is 24.6 Å². The molecule has 0 radical (unpaired) electrons. The molecular weight excluding hydrogens is 328 g/mol. The number of nitro groups is 1. The zero-order chi connectivity index (χ0) is 17.6. The van der Waals surface area contributed by atoms with Gasteiger partial charge in [0.15, 0.2) is 0 Å². The minimum absolute atomic E-state index is 0.0652. The van der Waals surface area contributed by atoms with Crippen LogP contribution in [0.15, 0.2) is 23.0 Å². The number of carbonyl (C=O) groups is 1. The number of benzene rings is 1. The molecule has 10 nitrogen and oxygen atoms in total. The third kappa shape index (κ3) is 2.89. The maximum absolute atomic E-state index is 12.6. The Bertz CT molecular complexity index is 890. The topological polar surface area (TPSA) is 145 Å². The van der Waals surface area contributed by atoms with Gasteiger partial charge in [-0.3, -0.25) is 20.3 Å². The number of nitrogens with zero attached hydrogens (tertiary/aromatic N) is 1. The summed E-state index contributed by atoms with van der Waals surface area (Å²) in [4.78, 5) is 40.0. The first-order chi connectivity index (χ1) is 12.0. The largest absolute Gasteiger partial charge is 0.325 e. The average molecular weight is 346 g/mol. The Hall–Kier alpha value is -2.72. The first-order valence-corrected chi connectivity index (χ1v) is 8.19. The molecular formula is C15H18N6O4. The summed E-state index contributed by atoms with van der Waals surface area (Å²) in [7, 11) is 0. The Balaban J connectivity index is 1.49. The predicted molar refractivity (Wildman–Crippen MR) is 89.5 cm³/mol. The van der Waals surface area contributed by atoms with Gasteiger partial charge in [0.2, 0.25) is 11.9 Å². The van der Waals surface area contributed by atoms with Gasteiger partial charge in [-0.25, -0.2) is 10.2 Å². The van der Waals surface area contributed by atoms with Gasteiger partial charge in [0.1, 0.15) is 6.04 Å². The standard InChI is InChI=1S/C15H18N6O4/c22-14(16-7-1-3-11-12(5-7)18-15(23)17-11)13-9-6-8(21(24)25)2-4-10(9)19-20-13/h1,3,5,8-10,13,19-20H,2,4,6H2,(H,16,22)(H2,17,18,23). The van der Waals surface area contributed by atoms with Crippen LogP contribution in [0.25, 0.3) is 11.0 Å². The second kappa shape index (κ2) is 5.97. The highest BCUT2D eigenvalue weighted by Crippen LogP contribution is 2.32. The highest BCUT2D eigenvalue weighted by molar-refractivity contribution is 5.96. The van der Waals surface area contributed by atoms with Crippen molar-refractivity contribution in [2.24, 2.45) is 5.92 Å². The SMILES string of the molecule is O=C(Nc1ccc2[nH]c(=O)[nH]c2c1)C1NNC2CCC([N+](=O)[O-])CC21. The van der Waals surface area contributed by atoms with Crippen LogP contribution in [-0.4, -0.2) is 38.9 Å². The number of aromatic nitrogens is 2. The van der Waals surface area contributed by atoms with E-state index in [1.54, 1.807) is 18.2 Å². The maximum atomic E-state index is 12.6. The van der Waals surface area contributed by atoms with E-state index in [0.29, 0.717) is 36.0 Å². The first kappa shape index (κ1) is 15.8. The molecule has 25 heavy (non-hydrogen) atoms. The van der Waals surface area contributed by atoms with Crippen molar-refractivity contribution in [3.8, 4) is 0 Å². The van der Waals surface area contributed by atoms with Crippen LogP contribution >= 0.6 is 0 Å². The number of rotatable bonds is 3. The van der Waals surface area contributed by atoms with Gasteiger partial charge in [-0.15, -0.1) is 0 Å². The fourth-order valence-corrected chi connectivity index (χ4v) is 3.82. The molecule has 0 bridgehead atoms. The molecule has 0 spiro atoms. The third-order valence-corrected chi connectivity index (χ3v) is 5.09. The lowest BCUT2D eigenvalue weighted by atomic mass is 9.79. The number of anilines is 1. The number of hydrogen-bond donors (Lipinski definition) is 5. The van der Waals surface area contributed by atoms with Crippen molar-refractivity contribution in [2.45, 2.75) is 37.4 Å². The van der Waals surface area contributed by atoms with Gasteiger partial charge in [-0.1, -0.05) is 0 Å². The smallest absolute Gasteiger partial charge is 0.323 e. The van der Waals surface area contributed by atoms with E-state index in [4.69, 9.17) is 0 Å². The van der Waals surface area contributed by atoms with Crippen LogP contribution in [0, 0.1) is 16.0 Å². The quantitative estimate of drug-likeness (QED) is 0.393. The van der Waals surface area contributed by atoms with Gasteiger partial charge in [0.25, 0.3) is 0 Å². The van der Waals surface area contributed by atoms with Crippen molar-refractivity contribution in [3.05, 3.63) is 38.8 Å². The monoisotopic (exact) mass is 346 g/mol. The van der Waals surface area contributed by atoms with E-state index in [1.165, 1.54) is 0 Å². The van der Waals surface area contributed by atoms with Crippen LogP contribution in [0.1, 0.15) is 19.3 Å². The third-order valence-electron chi connectivity index (χ3n) is 5.09. The van der Waals surface area contributed by atoms with Crippen molar-refractivity contribution in [1.82, 2.24) is 20.8 Å². The van der Waals surface area contributed by atoms with Crippen molar-refractivity contribution in [1.29, 1.82) is 0 Å². The molecule has 2 aliphatic rings. The van der Waals surface area contributed by atoms with Crippen molar-refractivity contribution in [2.75, 3.05) is 5.32 Å². The summed E-state index contributed by atoms with van der Waals surface area (Å²) in [6.45, 7) is 0. The molecule has 1 saturated carbocycles. The Labute approximate surface area is 141 Å². The van der Waals surface area contributed by atoms with Gasteiger partial charge in [0, 0.05) is 35.4 Å². The van der Waals surface area contributed by atoms with Crippen LogP contribution in [0.3, 0.4) is 0 Å². The fourth-order valence-electron chi connectivity index (χ4n) is 3.82. The molecule has 1 aliphatic heterocycles. The molecule has 4 rings (SSSR count). The minimum atomic E-state index is -0.598. The van der Waals surface area contributed by atoms with Crippen LogP contribution in [0.2, 0.25) is 0 Å². The van der Waals surface area contributed by atoms with Crippen LogP contribution in [0.5, 0.6) is 0 Å². The Morgan fingerprint density at radius 3 is 2.80 bits per heavy atom. The zero-order valence-corrected chi connectivity index (χ0v) is 13.2. The van der Waals surface area contributed by atoms with Gasteiger partial charge >= 0.3 is 5.69 Å². The van der Waals surface area contributed by atoms with Crippen molar-refractivity contribution >= 4 is 22.6 Å². The fraction of sp³-hybridized carbons (Fsp3) is 0.467. The van der Waals surface area contributed by atoms with Gasteiger partial charge in [-0.2, -0.15) is 0 Å². The number of H-pyrrole nitrogens is 2. The van der Waals surface area contributed by atoms with Gasteiger partial charge < -0.3 is 15.3 Å². The number of amides is 1. The van der Waals surface area contributed by atoms with Crippen LogP contribution < -0.4 is 21.9 Å². The molecule has 2 fully saturated rings. The molecule has 1 saturated heterocycles. The number of aromatic amines is 2. The average Bonchev–Trinajstić information content (AvgIpc) is 3.15. The summed E-state index contributed by atoms with van der Waals surface area (Å²) in [5.74, 6) is -0.374. The molecule has 10 heteroatoms. The lowest BCUT2D eigenvalue weighted by molar-refractivity contribution is -0.528. The normalized spacial score (nSPS) is 28.6. The molecule has 2 aromatic rings. The molecule has 1 aromatic heterocycles. The molecule has 132 valence electrons. The summed E-state index contributed by atoms with van der Waals surface area (Å²) in [5, 5.41) is 13.9. The predicted octanol–water partition coefficient (Wildman–Crippen LogP) is 0.0851. The van der Waals surface area contributed by atoms with Crippen LogP contribution in [-0.2, 0) is 4.79 Å². The highest BCUT2D eigenvalue weighted by atomic mass is 16.6. The summed E-state index contributed by atoms with van der Waals surface area (Å²) in [6, 6.07) is 4.01. The Morgan fingerprint density at radius 2 is 2.00 bits per heavy atom. The summed E-state index contributed by atoms with van der Waals surface area (Å²) in [6.07, 6.45) is 1.57. The maximum Gasteiger partial charge on any atom is 0.323 e. The van der Waals surface area contributed by atoms with E-state index < -0.39 is 12.1 Å². The summed E-state index contributed by atoms with van der Waals surface area (Å²) < 4.78 is 0. The highest BCUT2D eigenvalue weighted by Gasteiger charge is 2.46. The Morgan fingerprint density at radius 1 is 1.20 bits per heavy atom. The molecule has 5 N–H and O–H groups in total. The molecule has 1 amide bonds. The van der Waals surface area contributed by atoms with Crippen LogP contribution in [0.4, 0.5) is 5.69 Å². The number of hydrogen-bond acceptors (Lipinski definition) is 6. The first-order valence-electron chi connectivity index (χ1n) is 8.19. The number of nitrogens with one attached hydrogen (secondary N) is 5. The van der Waals surface area contributed by atoms with E-state index in [2.05, 4.69) is 26.1 Å². The summed E-state index contributed by atoms with van der Waals surface area (Å²) in [5.41, 5.74) is 7.56. The minimum Gasteiger partial charge on any atom is -0.325 e. The van der Waals surface area contributed by atoms with Crippen molar-refractivity contribution in [3.63, 3.8) is 0 Å². The Kier molecular flexibility index (Phi) is 3.77. The van der Waals surface area contributed by atoms with E-state index in [1.807, 2.05) is 0 Å². The number of imidazole rings is 1. The molecule has 4 unspecified atom stereocenters. The number of carbonyl (C=O) groups excluding carboxylic acids is 1. The molecule has 1 aromatic carbocycles. The second-order valence-electron chi connectivity index (χ2n) is 6.62. The lowest BCUT2D eigenvalue weighted by Gasteiger charge is -2.28. The van der Waals surface area contributed by atoms with Crippen molar-refractivity contribution < 1.29 is 9.72 Å². The second-order valence-corrected chi connectivity index (χ2v) is 6.62. The lowest BCUT2D eigenvalue weighted by Crippen LogP contribution is -2.44. The van der Waals surface area contributed by atoms with E-state index in [9.17, 15) is 19.7 Å². The molecule has 1 aliphatic carbocycles. The van der Waals surface area contributed by atoms with E-state index >= 15 is 0 Å². The van der Waals surface area contributed by atoms with E-state index in [0.717, 1.165) is 0 Å². The molecule has 2 heterocycles. The number of hydrazine groups is 1. The van der Waals surface area contributed by atoms with E-state index in [-0.39, 0.29) is 28.5 Å².